The summed E-state index contributed by atoms with van der Waals surface area (Å²) in [5.74, 6) is 1.15. The van der Waals surface area contributed by atoms with Crippen LogP contribution in [0.1, 0.15) is 64.9 Å². The molecule has 10 heteroatoms. The van der Waals surface area contributed by atoms with Crippen LogP contribution in [-0.2, 0) is 35.5 Å². The van der Waals surface area contributed by atoms with E-state index < -0.39 is 17.2 Å². The SMILES string of the molecule is Cn1c(=O)c2c(nc(Oc3cccc(C4C5=C(CC(C)(C)CC5=O)OC5=C4C(=O)CC(C)(C)C5)c3)n2C)n(C)c1=O. The number of aromatic nitrogens is 4. The molecule has 10 nitrogen and oxygen atoms in total. The van der Waals surface area contributed by atoms with E-state index in [2.05, 4.69) is 32.7 Å². The maximum absolute atomic E-state index is 13.6. The highest BCUT2D eigenvalue weighted by molar-refractivity contribution is 6.06. The van der Waals surface area contributed by atoms with Crippen LogP contribution < -0.4 is 16.0 Å². The lowest BCUT2D eigenvalue weighted by atomic mass is 9.65. The fraction of sp³-hybridized carbons (Fsp3) is 0.452. The monoisotopic (exact) mass is 558 g/mol. The second-order valence-corrected chi connectivity index (χ2v) is 13.1. The number of allylic oxidation sites excluding steroid dienone is 4. The Morgan fingerprint density at radius 2 is 1.41 bits per heavy atom. The van der Waals surface area contributed by atoms with Gasteiger partial charge < -0.3 is 9.47 Å². The van der Waals surface area contributed by atoms with E-state index in [1.165, 1.54) is 16.2 Å². The Balaban J connectivity index is 1.47. The Hall–Kier alpha value is -4.21. The molecule has 0 bridgehead atoms. The first kappa shape index (κ1) is 27.0. The summed E-state index contributed by atoms with van der Waals surface area (Å²) in [4.78, 5) is 56.9. The number of nitrogens with zero attached hydrogens (tertiary/aromatic N) is 4. The second-order valence-electron chi connectivity index (χ2n) is 13.1. The average Bonchev–Trinajstić information content (AvgIpc) is 3.19. The van der Waals surface area contributed by atoms with Crippen LogP contribution in [0.15, 0.2) is 56.5 Å². The van der Waals surface area contributed by atoms with Crippen molar-refractivity contribution < 1.29 is 19.1 Å². The molecule has 3 aliphatic rings. The largest absolute Gasteiger partial charge is 0.465 e. The van der Waals surface area contributed by atoms with Gasteiger partial charge in [0.2, 0.25) is 0 Å². The van der Waals surface area contributed by atoms with Gasteiger partial charge in [-0.25, -0.2) is 4.79 Å². The Morgan fingerprint density at radius 3 is 2.00 bits per heavy atom. The minimum absolute atomic E-state index is 0.0103. The lowest BCUT2D eigenvalue weighted by Gasteiger charge is -2.42. The predicted molar refractivity (Wildman–Crippen MR) is 152 cm³/mol. The summed E-state index contributed by atoms with van der Waals surface area (Å²) in [7, 11) is 4.62. The van der Waals surface area contributed by atoms with Crippen molar-refractivity contribution >= 4 is 22.7 Å². The van der Waals surface area contributed by atoms with Crippen LogP contribution in [0.5, 0.6) is 11.8 Å². The van der Waals surface area contributed by atoms with E-state index in [9.17, 15) is 19.2 Å². The lowest BCUT2D eigenvalue weighted by Crippen LogP contribution is -2.37. The van der Waals surface area contributed by atoms with Gasteiger partial charge in [0.15, 0.2) is 22.7 Å². The molecule has 0 N–H and O–H groups in total. The zero-order valence-corrected chi connectivity index (χ0v) is 24.5. The third-order valence-corrected chi connectivity index (χ3v) is 8.42. The van der Waals surface area contributed by atoms with E-state index in [1.807, 2.05) is 18.2 Å². The summed E-state index contributed by atoms with van der Waals surface area (Å²) in [6, 6.07) is 7.40. The molecule has 2 aromatic heterocycles. The van der Waals surface area contributed by atoms with E-state index in [0.29, 0.717) is 54.1 Å². The van der Waals surface area contributed by atoms with Gasteiger partial charge >= 0.3 is 11.7 Å². The molecule has 0 fully saturated rings. The number of benzene rings is 1. The van der Waals surface area contributed by atoms with Crippen LogP contribution in [0, 0.1) is 10.8 Å². The number of ether oxygens (including phenoxy) is 2. The lowest BCUT2D eigenvalue weighted by molar-refractivity contribution is -0.120. The van der Waals surface area contributed by atoms with E-state index in [0.717, 1.165) is 10.1 Å². The number of aryl methyl sites for hydroxylation is 2. The van der Waals surface area contributed by atoms with Crippen LogP contribution in [0.4, 0.5) is 0 Å². The fourth-order valence-electron chi connectivity index (χ4n) is 6.46. The van der Waals surface area contributed by atoms with Crippen molar-refractivity contribution in [3.8, 4) is 11.8 Å². The van der Waals surface area contributed by atoms with Crippen molar-refractivity contribution in [2.45, 2.75) is 59.3 Å². The molecule has 214 valence electrons. The first-order valence-corrected chi connectivity index (χ1v) is 13.8. The third-order valence-electron chi connectivity index (χ3n) is 8.42. The van der Waals surface area contributed by atoms with E-state index in [4.69, 9.17) is 9.47 Å². The first-order chi connectivity index (χ1) is 19.2. The van der Waals surface area contributed by atoms with Gasteiger partial charge in [-0.3, -0.25) is 28.1 Å². The minimum atomic E-state index is -0.557. The molecule has 3 aromatic rings. The summed E-state index contributed by atoms with van der Waals surface area (Å²) < 4.78 is 16.4. The molecular formula is C31H34N4O6. The average molecular weight is 559 g/mol. The highest BCUT2D eigenvalue weighted by atomic mass is 16.5. The number of carbonyl (C=O) groups excluding carboxylic acids is 2. The second kappa shape index (κ2) is 8.89. The maximum atomic E-state index is 13.6. The molecule has 1 aliphatic heterocycles. The van der Waals surface area contributed by atoms with Crippen molar-refractivity contribution in [1.29, 1.82) is 0 Å². The topological polar surface area (TPSA) is 114 Å². The maximum Gasteiger partial charge on any atom is 0.332 e. The van der Waals surface area contributed by atoms with Crippen molar-refractivity contribution in [2.75, 3.05) is 0 Å². The van der Waals surface area contributed by atoms with Crippen LogP contribution in [0.3, 0.4) is 0 Å². The van der Waals surface area contributed by atoms with E-state index >= 15 is 0 Å². The van der Waals surface area contributed by atoms with Crippen LogP contribution in [0.25, 0.3) is 11.2 Å². The van der Waals surface area contributed by atoms with Gasteiger partial charge in [-0.05, 0) is 28.5 Å². The number of fused-ring (bicyclic) bond motifs is 1. The molecule has 6 rings (SSSR count). The zero-order chi connectivity index (χ0) is 29.6. The van der Waals surface area contributed by atoms with Gasteiger partial charge in [-0.1, -0.05) is 39.8 Å². The van der Waals surface area contributed by atoms with Gasteiger partial charge in [-0.15, -0.1) is 0 Å². The molecular weight excluding hydrogens is 524 g/mol. The van der Waals surface area contributed by atoms with Crippen molar-refractivity contribution in [1.82, 2.24) is 18.7 Å². The first-order valence-electron chi connectivity index (χ1n) is 13.8. The zero-order valence-electron chi connectivity index (χ0n) is 24.5. The number of ketones is 2. The molecule has 0 unspecified atom stereocenters. The molecule has 0 atom stereocenters. The minimum Gasteiger partial charge on any atom is -0.465 e. The predicted octanol–water partition coefficient (Wildman–Crippen LogP) is 4.16. The van der Waals surface area contributed by atoms with E-state index in [-0.39, 0.29) is 39.6 Å². The number of hydrogen-bond donors (Lipinski definition) is 0. The van der Waals surface area contributed by atoms with E-state index in [1.54, 1.807) is 20.2 Å². The highest BCUT2D eigenvalue weighted by Gasteiger charge is 2.47. The Kier molecular flexibility index (Phi) is 5.85. The van der Waals surface area contributed by atoms with Crippen molar-refractivity contribution in [3.63, 3.8) is 0 Å². The number of hydrogen-bond acceptors (Lipinski definition) is 7. The summed E-state index contributed by atoms with van der Waals surface area (Å²) in [6.07, 6.45) is 1.97. The standard InChI is InChI=1S/C31H34N4O6/c1-30(2)12-18(36)23-20(14-30)41-21-15-31(3,4)13-19(37)24(21)22(23)16-9-8-10-17(11-16)40-28-32-26-25(33(28)5)27(38)35(7)29(39)34(26)6/h8-11,22H,12-15H2,1-7H3. The fourth-order valence-corrected chi connectivity index (χ4v) is 6.46. The number of imidazole rings is 1. The summed E-state index contributed by atoms with van der Waals surface area (Å²) in [6.45, 7) is 8.23. The molecule has 0 saturated heterocycles. The molecule has 0 amide bonds. The number of rotatable bonds is 3. The molecule has 0 saturated carbocycles. The molecule has 41 heavy (non-hydrogen) atoms. The Bertz CT molecular complexity index is 1810. The van der Waals surface area contributed by atoms with Crippen LogP contribution in [-0.4, -0.2) is 30.3 Å². The van der Waals surface area contributed by atoms with Gasteiger partial charge in [0.05, 0.1) is 0 Å². The molecule has 3 heterocycles. The summed E-state index contributed by atoms with van der Waals surface area (Å²) in [5, 5.41) is 0. The van der Waals surface area contributed by atoms with Crippen molar-refractivity contribution in [3.05, 3.63) is 73.3 Å². The van der Waals surface area contributed by atoms with Crippen molar-refractivity contribution in [2.24, 2.45) is 32.0 Å². The highest BCUT2D eigenvalue weighted by Crippen LogP contribution is 2.53. The van der Waals surface area contributed by atoms with Crippen LogP contribution in [0.2, 0.25) is 0 Å². The van der Waals surface area contributed by atoms with Gasteiger partial charge in [0, 0.05) is 63.9 Å². The smallest absolute Gasteiger partial charge is 0.332 e. The number of carbonyl (C=O) groups is 2. The van der Waals surface area contributed by atoms with Gasteiger partial charge in [0.1, 0.15) is 17.3 Å². The summed E-state index contributed by atoms with van der Waals surface area (Å²) >= 11 is 0. The van der Waals surface area contributed by atoms with Crippen LogP contribution >= 0.6 is 0 Å². The normalized spacial score (nSPS) is 20.3. The Morgan fingerprint density at radius 1 is 0.829 bits per heavy atom. The molecule has 0 spiro atoms. The molecule has 0 radical (unpaired) electrons. The third kappa shape index (κ3) is 4.27. The Labute approximate surface area is 236 Å². The van der Waals surface area contributed by atoms with Gasteiger partial charge in [-0.2, -0.15) is 4.98 Å². The number of Topliss-reactive ketones (excluding diaryl/α,β-unsaturated/α-hetero) is 2. The quantitative estimate of drug-likeness (QED) is 0.474. The summed E-state index contributed by atoms with van der Waals surface area (Å²) in [5.41, 5.74) is 0.859. The molecule has 2 aliphatic carbocycles. The molecule has 1 aromatic carbocycles. The van der Waals surface area contributed by atoms with Gasteiger partial charge in [0.25, 0.3) is 5.56 Å².